The summed E-state index contributed by atoms with van der Waals surface area (Å²) < 4.78 is 2.31. The molecule has 0 spiro atoms. The highest BCUT2D eigenvalue weighted by atomic mass is 16.1. The molecule has 2 aromatic carbocycles. The van der Waals surface area contributed by atoms with E-state index in [1.807, 2.05) is 0 Å². The number of unbranched alkanes of at least 4 members (excludes halogenated alkanes) is 1. The molecule has 0 atom stereocenters. The zero-order chi connectivity index (χ0) is 12.4. The fraction of sp³-hybridized carbons (Fsp3) is 0.188. The fourth-order valence-corrected chi connectivity index (χ4v) is 2.58. The van der Waals surface area contributed by atoms with E-state index in [-0.39, 0.29) is 0 Å². The molecular formula is C16H15NO. The third kappa shape index (κ3) is 1.70. The van der Waals surface area contributed by atoms with E-state index < -0.39 is 0 Å². The Balaban J connectivity index is 2.21. The number of aldehydes is 1. The molecule has 0 amide bonds. The van der Waals surface area contributed by atoms with Crippen molar-refractivity contribution in [2.45, 2.75) is 19.4 Å². The van der Waals surface area contributed by atoms with E-state index in [0.717, 1.165) is 19.3 Å². The van der Waals surface area contributed by atoms with Gasteiger partial charge in [0.15, 0.2) is 0 Å². The number of hydrogen-bond donors (Lipinski definition) is 0. The molecule has 1 heterocycles. The first-order chi connectivity index (χ1) is 8.92. The van der Waals surface area contributed by atoms with Crippen LogP contribution in [0.1, 0.15) is 12.8 Å². The Kier molecular flexibility index (Phi) is 2.85. The number of carbonyl (C=O) groups is 1. The van der Waals surface area contributed by atoms with Crippen molar-refractivity contribution in [1.29, 1.82) is 0 Å². The minimum atomic E-state index is 0.626. The molecule has 3 rings (SSSR count). The lowest BCUT2D eigenvalue weighted by atomic mass is 10.2. The molecular weight excluding hydrogens is 222 g/mol. The molecule has 0 aliphatic rings. The lowest BCUT2D eigenvalue weighted by Crippen LogP contribution is -1.97. The molecule has 0 radical (unpaired) electrons. The van der Waals surface area contributed by atoms with Crippen molar-refractivity contribution < 1.29 is 4.79 Å². The number of rotatable bonds is 4. The largest absolute Gasteiger partial charge is 0.340 e. The van der Waals surface area contributed by atoms with E-state index >= 15 is 0 Å². The average Bonchev–Trinajstić information content (AvgIpc) is 2.74. The van der Waals surface area contributed by atoms with Gasteiger partial charge >= 0.3 is 0 Å². The second-order valence-corrected chi connectivity index (χ2v) is 4.49. The van der Waals surface area contributed by atoms with Crippen molar-refractivity contribution >= 4 is 28.1 Å². The summed E-state index contributed by atoms with van der Waals surface area (Å²) in [6.45, 7) is 0.896. The normalized spacial score (nSPS) is 11.1. The van der Waals surface area contributed by atoms with E-state index in [2.05, 4.69) is 53.1 Å². The van der Waals surface area contributed by atoms with Gasteiger partial charge in [0.1, 0.15) is 6.29 Å². The Morgan fingerprint density at radius 2 is 1.44 bits per heavy atom. The summed E-state index contributed by atoms with van der Waals surface area (Å²) in [5.74, 6) is 0. The third-order valence-electron chi connectivity index (χ3n) is 3.38. The highest BCUT2D eigenvalue weighted by Crippen LogP contribution is 2.28. The van der Waals surface area contributed by atoms with Crippen LogP contribution in [0.5, 0.6) is 0 Å². The first kappa shape index (κ1) is 11.0. The standard InChI is InChI=1S/C16H15NO/c18-12-6-5-11-17-15-9-3-1-7-13(15)14-8-2-4-10-16(14)17/h1-4,7-10,12H,5-6,11H2. The minimum absolute atomic E-state index is 0.626. The van der Waals surface area contributed by atoms with Crippen molar-refractivity contribution in [3.05, 3.63) is 48.5 Å². The SMILES string of the molecule is O=CCCCn1c2ccccc2c2ccccc21. The molecule has 2 nitrogen and oxygen atoms in total. The maximum absolute atomic E-state index is 10.5. The van der Waals surface area contributed by atoms with Crippen LogP contribution >= 0.6 is 0 Å². The molecule has 0 saturated heterocycles. The van der Waals surface area contributed by atoms with Crippen LogP contribution in [0.4, 0.5) is 0 Å². The van der Waals surface area contributed by atoms with Crippen LogP contribution in [-0.2, 0) is 11.3 Å². The van der Waals surface area contributed by atoms with Gasteiger partial charge in [-0.1, -0.05) is 36.4 Å². The van der Waals surface area contributed by atoms with Gasteiger partial charge in [-0.15, -0.1) is 0 Å². The number of fused-ring (bicyclic) bond motifs is 3. The van der Waals surface area contributed by atoms with E-state index in [1.54, 1.807) is 0 Å². The molecule has 3 aromatic rings. The summed E-state index contributed by atoms with van der Waals surface area (Å²) in [6.07, 6.45) is 2.51. The predicted molar refractivity (Wildman–Crippen MR) is 74.7 cm³/mol. The molecule has 1 aromatic heterocycles. The van der Waals surface area contributed by atoms with Crippen LogP contribution in [0.2, 0.25) is 0 Å². The van der Waals surface area contributed by atoms with Gasteiger partial charge in [-0.2, -0.15) is 0 Å². The molecule has 0 fully saturated rings. The maximum Gasteiger partial charge on any atom is 0.120 e. The average molecular weight is 237 g/mol. The van der Waals surface area contributed by atoms with Gasteiger partial charge in [0.25, 0.3) is 0 Å². The van der Waals surface area contributed by atoms with Crippen molar-refractivity contribution in [3.8, 4) is 0 Å². The zero-order valence-electron chi connectivity index (χ0n) is 10.2. The summed E-state index contributed by atoms with van der Waals surface area (Å²) in [5, 5.41) is 2.58. The van der Waals surface area contributed by atoms with Gasteiger partial charge < -0.3 is 9.36 Å². The Labute approximate surface area is 106 Å². The minimum Gasteiger partial charge on any atom is -0.340 e. The number of aromatic nitrogens is 1. The fourth-order valence-electron chi connectivity index (χ4n) is 2.58. The van der Waals surface area contributed by atoms with Crippen LogP contribution in [0.3, 0.4) is 0 Å². The van der Waals surface area contributed by atoms with Crippen molar-refractivity contribution in [3.63, 3.8) is 0 Å². The smallest absolute Gasteiger partial charge is 0.120 e. The molecule has 0 unspecified atom stereocenters. The maximum atomic E-state index is 10.5. The van der Waals surface area contributed by atoms with Crippen molar-refractivity contribution in [2.75, 3.05) is 0 Å². The topological polar surface area (TPSA) is 22.0 Å². The highest BCUT2D eigenvalue weighted by molar-refractivity contribution is 6.07. The van der Waals surface area contributed by atoms with Crippen LogP contribution < -0.4 is 0 Å². The van der Waals surface area contributed by atoms with Gasteiger partial charge in [-0.05, 0) is 18.6 Å². The number of hydrogen-bond acceptors (Lipinski definition) is 1. The number of carbonyl (C=O) groups excluding carboxylic acids is 1. The van der Waals surface area contributed by atoms with Gasteiger partial charge in [-0.25, -0.2) is 0 Å². The Morgan fingerprint density at radius 1 is 0.889 bits per heavy atom. The monoisotopic (exact) mass is 237 g/mol. The molecule has 18 heavy (non-hydrogen) atoms. The number of aryl methyl sites for hydroxylation is 1. The third-order valence-corrected chi connectivity index (χ3v) is 3.38. The van der Waals surface area contributed by atoms with Gasteiger partial charge in [-0.3, -0.25) is 0 Å². The molecule has 0 saturated carbocycles. The second-order valence-electron chi connectivity index (χ2n) is 4.49. The molecule has 90 valence electrons. The Hall–Kier alpha value is -2.09. The van der Waals surface area contributed by atoms with Gasteiger partial charge in [0.2, 0.25) is 0 Å². The van der Waals surface area contributed by atoms with Gasteiger partial charge in [0, 0.05) is 34.8 Å². The lowest BCUT2D eigenvalue weighted by Gasteiger charge is -2.05. The van der Waals surface area contributed by atoms with E-state index in [0.29, 0.717) is 6.42 Å². The van der Waals surface area contributed by atoms with Crippen LogP contribution in [0, 0.1) is 0 Å². The first-order valence-electron chi connectivity index (χ1n) is 6.31. The summed E-state index contributed by atoms with van der Waals surface area (Å²) in [5.41, 5.74) is 2.51. The Morgan fingerprint density at radius 3 is 2.00 bits per heavy atom. The van der Waals surface area contributed by atoms with Gasteiger partial charge in [0.05, 0.1) is 0 Å². The predicted octanol–water partition coefficient (Wildman–Crippen LogP) is 3.77. The first-order valence-corrected chi connectivity index (χ1v) is 6.31. The van der Waals surface area contributed by atoms with Crippen molar-refractivity contribution in [1.82, 2.24) is 4.57 Å². The lowest BCUT2D eigenvalue weighted by molar-refractivity contribution is -0.107. The van der Waals surface area contributed by atoms with E-state index in [9.17, 15) is 4.79 Å². The van der Waals surface area contributed by atoms with E-state index in [1.165, 1.54) is 21.8 Å². The summed E-state index contributed by atoms with van der Waals surface area (Å²) >= 11 is 0. The van der Waals surface area contributed by atoms with Crippen LogP contribution in [0.15, 0.2) is 48.5 Å². The van der Waals surface area contributed by atoms with Crippen LogP contribution in [-0.4, -0.2) is 10.9 Å². The molecule has 0 bridgehead atoms. The van der Waals surface area contributed by atoms with Crippen molar-refractivity contribution in [2.24, 2.45) is 0 Å². The second kappa shape index (κ2) is 4.65. The zero-order valence-corrected chi connectivity index (χ0v) is 10.2. The molecule has 2 heteroatoms. The highest BCUT2D eigenvalue weighted by Gasteiger charge is 2.08. The summed E-state index contributed by atoms with van der Waals surface area (Å²) in [4.78, 5) is 10.5. The molecule has 0 N–H and O–H groups in total. The number of para-hydroxylation sites is 2. The molecule has 0 aliphatic carbocycles. The summed E-state index contributed by atoms with van der Waals surface area (Å²) in [7, 11) is 0. The number of benzene rings is 2. The molecule has 0 aliphatic heterocycles. The number of nitrogens with zero attached hydrogens (tertiary/aromatic N) is 1. The summed E-state index contributed by atoms with van der Waals surface area (Å²) in [6, 6.07) is 16.9. The van der Waals surface area contributed by atoms with Crippen LogP contribution in [0.25, 0.3) is 21.8 Å². The van der Waals surface area contributed by atoms with E-state index in [4.69, 9.17) is 0 Å². The Bertz CT molecular complexity index is 643. The quantitative estimate of drug-likeness (QED) is 0.500.